The Morgan fingerprint density at radius 1 is 1.64 bits per heavy atom. The second-order valence-electron chi connectivity index (χ2n) is 4.02. The van der Waals surface area contributed by atoms with Gasteiger partial charge in [0.25, 0.3) is 0 Å². The maximum Gasteiger partial charge on any atom is 0.143 e. The van der Waals surface area contributed by atoms with Crippen molar-refractivity contribution in [2.45, 2.75) is 26.7 Å². The molecule has 0 N–H and O–H groups in total. The Balaban J connectivity index is 2.36. The molecule has 11 heavy (non-hydrogen) atoms. The van der Waals surface area contributed by atoms with Gasteiger partial charge >= 0.3 is 0 Å². The van der Waals surface area contributed by atoms with Crippen LogP contribution in [0.2, 0.25) is 0 Å². The molecule has 2 atom stereocenters. The molecule has 0 heterocycles. The third-order valence-corrected chi connectivity index (χ3v) is 3.34. The highest BCUT2D eigenvalue weighted by Crippen LogP contribution is 2.53. The average molecular weight is 150 g/mol. The fourth-order valence-electron chi connectivity index (χ4n) is 2.52. The summed E-state index contributed by atoms with van der Waals surface area (Å²) in [7, 11) is 0. The molecule has 0 aromatic rings. The van der Waals surface area contributed by atoms with Gasteiger partial charge in [0.05, 0.1) is 5.41 Å². The summed E-state index contributed by atoms with van der Waals surface area (Å²) in [6.07, 6.45) is 6.21. The van der Waals surface area contributed by atoms with Gasteiger partial charge in [-0.3, -0.25) is 4.79 Å². The summed E-state index contributed by atoms with van der Waals surface area (Å²) in [6, 6.07) is 0. The van der Waals surface area contributed by atoms with Gasteiger partial charge < -0.3 is 0 Å². The summed E-state index contributed by atoms with van der Waals surface area (Å²) in [5, 5.41) is 0. The van der Waals surface area contributed by atoms with E-state index in [1.165, 1.54) is 0 Å². The lowest BCUT2D eigenvalue weighted by Gasteiger charge is -2.40. The Labute approximate surface area is 67.5 Å². The summed E-state index contributed by atoms with van der Waals surface area (Å²) in [6.45, 7) is 4.30. The minimum Gasteiger partial charge on any atom is -0.299 e. The van der Waals surface area contributed by atoms with E-state index in [0.29, 0.717) is 17.6 Å². The fourth-order valence-corrected chi connectivity index (χ4v) is 2.52. The van der Waals surface area contributed by atoms with Crippen LogP contribution in [0.25, 0.3) is 0 Å². The number of hydrogen-bond acceptors (Lipinski definition) is 1. The van der Waals surface area contributed by atoms with E-state index in [2.05, 4.69) is 26.0 Å². The zero-order valence-corrected chi connectivity index (χ0v) is 7.13. The lowest BCUT2D eigenvalue weighted by atomic mass is 9.62. The Hall–Kier alpha value is -0.590. The largest absolute Gasteiger partial charge is 0.299 e. The van der Waals surface area contributed by atoms with Gasteiger partial charge in [0, 0.05) is 6.42 Å². The van der Waals surface area contributed by atoms with Gasteiger partial charge in [0.2, 0.25) is 0 Å². The van der Waals surface area contributed by atoms with Crippen molar-refractivity contribution in [3.05, 3.63) is 12.2 Å². The lowest BCUT2D eigenvalue weighted by Crippen LogP contribution is -2.40. The topological polar surface area (TPSA) is 17.1 Å². The van der Waals surface area contributed by atoms with Crippen LogP contribution in [0, 0.1) is 17.3 Å². The zero-order valence-electron chi connectivity index (χ0n) is 7.13. The van der Waals surface area contributed by atoms with E-state index in [4.69, 9.17) is 0 Å². The van der Waals surface area contributed by atoms with Crippen LogP contribution in [0.3, 0.4) is 0 Å². The van der Waals surface area contributed by atoms with Crippen LogP contribution in [0.5, 0.6) is 0 Å². The van der Waals surface area contributed by atoms with Gasteiger partial charge in [0.15, 0.2) is 0 Å². The van der Waals surface area contributed by atoms with Crippen LogP contribution in [0.15, 0.2) is 12.2 Å². The highest BCUT2D eigenvalue weighted by atomic mass is 16.1. The number of carbonyl (C=O) groups excluding carboxylic acids is 1. The molecule has 0 spiro atoms. The van der Waals surface area contributed by atoms with Gasteiger partial charge in [-0.25, -0.2) is 0 Å². The molecule has 2 aliphatic rings. The maximum absolute atomic E-state index is 11.5. The van der Waals surface area contributed by atoms with Crippen molar-refractivity contribution in [1.29, 1.82) is 0 Å². The molecule has 60 valence electrons. The fraction of sp³-hybridized carbons (Fsp3) is 0.700. The number of ketones is 1. The van der Waals surface area contributed by atoms with Gasteiger partial charge in [-0.05, 0) is 18.3 Å². The van der Waals surface area contributed by atoms with Crippen LogP contribution < -0.4 is 0 Å². The third-order valence-electron chi connectivity index (χ3n) is 3.34. The Morgan fingerprint density at radius 3 is 2.64 bits per heavy atom. The normalized spacial score (nSPS) is 41.0. The molecule has 1 heteroatoms. The van der Waals surface area contributed by atoms with Crippen molar-refractivity contribution < 1.29 is 4.79 Å². The molecule has 1 fully saturated rings. The number of fused-ring (bicyclic) bond motifs is 1. The minimum absolute atomic E-state index is 0.0278. The summed E-state index contributed by atoms with van der Waals surface area (Å²) in [5.74, 6) is 1.54. The molecule has 1 saturated carbocycles. The van der Waals surface area contributed by atoms with E-state index < -0.39 is 0 Å². The molecule has 0 aromatic heterocycles. The minimum atomic E-state index is -0.0278. The predicted molar refractivity (Wildman–Crippen MR) is 44.1 cm³/mol. The predicted octanol–water partition coefficient (Wildman–Crippen LogP) is 2.18. The summed E-state index contributed by atoms with van der Waals surface area (Å²) < 4.78 is 0. The molecular formula is C10H14O. The van der Waals surface area contributed by atoms with Crippen LogP contribution in [0.4, 0.5) is 0 Å². The van der Waals surface area contributed by atoms with Crippen LogP contribution in [0.1, 0.15) is 26.7 Å². The number of Topliss-reactive ketones (excluding diaryl/α,β-unsaturated/α-hetero) is 1. The molecule has 0 aromatic carbocycles. The third kappa shape index (κ3) is 0.640. The first-order valence-corrected chi connectivity index (χ1v) is 4.40. The summed E-state index contributed by atoms with van der Waals surface area (Å²) in [5.41, 5.74) is -0.0278. The SMILES string of the molecule is CC(C)C12C=CC1CCC2=O. The lowest BCUT2D eigenvalue weighted by molar-refractivity contribution is -0.127. The van der Waals surface area contributed by atoms with E-state index >= 15 is 0 Å². The summed E-state index contributed by atoms with van der Waals surface area (Å²) >= 11 is 0. The standard InChI is InChI=1S/C10H14O/c1-7(2)10-6-5-8(10)3-4-9(10)11/h5-8H,3-4H2,1-2H3. The molecule has 2 aliphatic carbocycles. The van der Waals surface area contributed by atoms with E-state index in [-0.39, 0.29) is 5.41 Å². The Kier molecular flexibility index (Phi) is 1.26. The smallest absolute Gasteiger partial charge is 0.143 e. The van der Waals surface area contributed by atoms with Gasteiger partial charge in [-0.2, -0.15) is 0 Å². The maximum atomic E-state index is 11.5. The van der Waals surface area contributed by atoms with E-state index in [9.17, 15) is 4.79 Å². The molecule has 0 bridgehead atoms. The monoisotopic (exact) mass is 150 g/mol. The molecule has 1 nitrogen and oxygen atoms in total. The molecule has 2 unspecified atom stereocenters. The number of allylic oxidation sites excluding steroid dienone is 2. The quantitative estimate of drug-likeness (QED) is 0.523. The van der Waals surface area contributed by atoms with Crippen molar-refractivity contribution in [2.24, 2.45) is 17.3 Å². The van der Waals surface area contributed by atoms with Crippen LogP contribution >= 0.6 is 0 Å². The van der Waals surface area contributed by atoms with Crippen molar-refractivity contribution in [3.63, 3.8) is 0 Å². The van der Waals surface area contributed by atoms with Crippen molar-refractivity contribution in [2.75, 3.05) is 0 Å². The Morgan fingerprint density at radius 2 is 2.36 bits per heavy atom. The number of rotatable bonds is 1. The van der Waals surface area contributed by atoms with E-state index in [0.717, 1.165) is 12.8 Å². The first-order chi connectivity index (χ1) is 5.18. The zero-order chi connectivity index (χ0) is 8.06. The molecule has 0 amide bonds. The van der Waals surface area contributed by atoms with Crippen LogP contribution in [-0.4, -0.2) is 5.78 Å². The molecule has 0 radical (unpaired) electrons. The van der Waals surface area contributed by atoms with Gasteiger partial charge in [-0.1, -0.05) is 26.0 Å². The van der Waals surface area contributed by atoms with Gasteiger partial charge in [0.1, 0.15) is 5.78 Å². The van der Waals surface area contributed by atoms with Crippen molar-refractivity contribution in [1.82, 2.24) is 0 Å². The molecule has 0 aliphatic heterocycles. The first-order valence-electron chi connectivity index (χ1n) is 4.40. The molecular weight excluding hydrogens is 136 g/mol. The second-order valence-corrected chi connectivity index (χ2v) is 4.02. The molecule has 2 rings (SSSR count). The molecule has 0 saturated heterocycles. The van der Waals surface area contributed by atoms with E-state index in [1.54, 1.807) is 0 Å². The highest BCUT2D eigenvalue weighted by molar-refractivity contribution is 5.91. The summed E-state index contributed by atoms with van der Waals surface area (Å²) in [4.78, 5) is 11.5. The van der Waals surface area contributed by atoms with Crippen molar-refractivity contribution in [3.8, 4) is 0 Å². The Bertz CT molecular complexity index is 227. The van der Waals surface area contributed by atoms with Gasteiger partial charge in [-0.15, -0.1) is 0 Å². The highest BCUT2D eigenvalue weighted by Gasteiger charge is 2.53. The number of hydrogen-bond donors (Lipinski definition) is 0. The van der Waals surface area contributed by atoms with Crippen LogP contribution in [-0.2, 0) is 4.79 Å². The number of carbonyl (C=O) groups is 1. The van der Waals surface area contributed by atoms with E-state index in [1.807, 2.05) is 0 Å². The average Bonchev–Trinajstić information content (AvgIpc) is 2.04. The second kappa shape index (κ2) is 1.96. The first kappa shape index (κ1) is 7.08. The van der Waals surface area contributed by atoms with Crippen molar-refractivity contribution >= 4 is 5.78 Å².